The molecule has 3 unspecified atom stereocenters. The number of carbonyl (C=O) groups excluding carboxylic acids is 4. The number of sulfonamides is 1. The molecule has 16 nitrogen and oxygen atoms in total. The highest BCUT2D eigenvalue weighted by Crippen LogP contribution is 2.30. The molecule has 65 heavy (non-hydrogen) atoms. The normalized spacial score (nSPS) is 18.2. The molecule has 2 saturated heterocycles. The SMILES string of the molecule is Cc1ncsc1-c1ccc(C(C)NC(=O)C2CC(O)CN2C(=O)[C@@H](NC(=O)CCCCCCN2CCN(S(=O)(=O)c3ccc(NC(=O)NCc4cccnc4)cc3)CC2)C(C)(C)C)cc1. The fourth-order valence-corrected chi connectivity index (χ4v) is 10.4. The standard InChI is InChI=1S/C47H63N9O7S2/c1-32(35-13-15-36(16-14-35)42-33(2)50-31-64-42)51-44(59)40-27-38(57)30-56(40)45(60)43(47(3,4)5)53-41(58)12-8-6-7-9-22-54-23-25-55(26-24-54)65(62,63)39-19-17-37(18-20-39)52-46(61)49-29-34-11-10-21-48-28-34/h10-11,13-21,28,31-32,38,40,43,57H,6-9,12,22-27,29-30H2,1-5H3,(H,51,59)(H,53,58)(H2,49,52,61)/t32?,38?,40?,43-/m1/s1. The Kier molecular flexibility index (Phi) is 16.9. The van der Waals surface area contributed by atoms with Crippen molar-refractivity contribution in [1.82, 2.24) is 40.0 Å². The molecule has 0 saturated carbocycles. The average molecular weight is 930 g/mol. The predicted molar refractivity (Wildman–Crippen MR) is 251 cm³/mol. The number of β-amino-alcohol motifs (C(OH)–C–C–N with tert-alkyl or cyclic N) is 1. The number of aromatic nitrogens is 2. The van der Waals surface area contributed by atoms with Crippen LogP contribution in [-0.2, 0) is 31.0 Å². The maximum Gasteiger partial charge on any atom is 0.319 e. The number of urea groups is 1. The van der Waals surface area contributed by atoms with Gasteiger partial charge in [-0.1, -0.05) is 63.9 Å². The van der Waals surface area contributed by atoms with Crippen LogP contribution < -0.4 is 21.3 Å². The number of pyridine rings is 1. The summed E-state index contributed by atoms with van der Waals surface area (Å²) in [4.78, 5) is 66.6. The fraction of sp³-hybridized carbons (Fsp3) is 0.489. The molecule has 18 heteroatoms. The Balaban J connectivity index is 0.888. The highest BCUT2D eigenvalue weighted by atomic mass is 32.2. The summed E-state index contributed by atoms with van der Waals surface area (Å²) < 4.78 is 28.3. The number of benzene rings is 2. The van der Waals surface area contributed by atoms with Crippen LogP contribution in [0.2, 0.25) is 0 Å². The molecule has 2 aromatic carbocycles. The number of nitrogens with one attached hydrogen (secondary N) is 4. The van der Waals surface area contributed by atoms with Crippen LogP contribution >= 0.6 is 11.3 Å². The zero-order chi connectivity index (χ0) is 46.7. The summed E-state index contributed by atoms with van der Waals surface area (Å²) in [6, 6.07) is 15.2. The first kappa shape index (κ1) is 49.2. The number of nitrogens with zero attached hydrogens (tertiary/aromatic N) is 5. The molecule has 0 radical (unpaired) electrons. The topological polar surface area (TPSA) is 206 Å². The zero-order valence-corrected chi connectivity index (χ0v) is 39.6. The highest BCUT2D eigenvalue weighted by molar-refractivity contribution is 7.89. The largest absolute Gasteiger partial charge is 0.391 e. The summed E-state index contributed by atoms with van der Waals surface area (Å²) in [5.74, 6) is -0.986. The first-order valence-corrected chi connectivity index (χ1v) is 24.7. The van der Waals surface area contributed by atoms with Crippen molar-refractivity contribution in [2.75, 3.05) is 44.6 Å². The number of carbonyl (C=O) groups is 4. The van der Waals surface area contributed by atoms with Gasteiger partial charge in [0.05, 0.1) is 33.1 Å². The Morgan fingerprint density at radius 3 is 2.28 bits per heavy atom. The van der Waals surface area contributed by atoms with Crippen LogP contribution in [0.15, 0.2) is 83.5 Å². The Morgan fingerprint density at radius 2 is 1.63 bits per heavy atom. The van der Waals surface area contributed by atoms with Crippen molar-refractivity contribution in [1.29, 1.82) is 0 Å². The molecule has 4 heterocycles. The van der Waals surface area contributed by atoms with Gasteiger partial charge in [-0.15, -0.1) is 11.3 Å². The summed E-state index contributed by atoms with van der Waals surface area (Å²) in [5, 5.41) is 22.1. The third-order valence-electron chi connectivity index (χ3n) is 11.9. The molecular formula is C47H63N9O7S2. The number of aliphatic hydroxyl groups excluding tert-OH is 1. The van der Waals surface area contributed by atoms with Gasteiger partial charge in [0, 0.05) is 70.2 Å². The summed E-state index contributed by atoms with van der Waals surface area (Å²) in [6.45, 7) is 12.6. The molecule has 2 aliphatic heterocycles. The highest BCUT2D eigenvalue weighted by Gasteiger charge is 2.44. The minimum absolute atomic E-state index is 0.00468. The molecule has 0 spiro atoms. The smallest absolute Gasteiger partial charge is 0.319 e. The number of aryl methyl sites for hydroxylation is 1. The first-order valence-electron chi connectivity index (χ1n) is 22.3. The number of piperazine rings is 1. The van der Waals surface area contributed by atoms with Crippen LogP contribution in [0.3, 0.4) is 0 Å². The Morgan fingerprint density at radius 1 is 0.923 bits per heavy atom. The third-order valence-corrected chi connectivity index (χ3v) is 14.8. The number of aliphatic hydroxyl groups is 1. The molecule has 2 fully saturated rings. The number of hydrogen-bond acceptors (Lipinski definition) is 11. The van der Waals surface area contributed by atoms with E-state index in [-0.39, 0.29) is 42.1 Å². The van der Waals surface area contributed by atoms with Crippen LogP contribution in [0.4, 0.5) is 10.5 Å². The maximum absolute atomic E-state index is 14.1. The Hall–Kier alpha value is -5.27. The van der Waals surface area contributed by atoms with E-state index in [2.05, 4.69) is 36.1 Å². The average Bonchev–Trinajstić information content (AvgIpc) is 3.91. The lowest BCUT2D eigenvalue weighted by Gasteiger charge is -2.35. The second kappa shape index (κ2) is 22.3. The van der Waals surface area contributed by atoms with Crippen molar-refractivity contribution in [2.45, 2.75) is 109 Å². The zero-order valence-electron chi connectivity index (χ0n) is 38.0. The first-order chi connectivity index (χ1) is 31.0. The summed E-state index contributed by atoms with van der Waals surface area (Å²) >= 11 is 1.58. The van der Waals surface area contributed by atoms with Crippen molar-refractivity contribution in [3.8, 4) is 10.4 Å². The van der Waals surface area contributed by atoms with Crippen molar-refractivity contribution < 1.29 is 32.7 Å². The van der Waals surface area contributed by atoms with E-state index in [0.29, 0.717) is 44.8 Å². The fourth-order valence-electron chi connectivity index (χ4n) is 8.14. The van der Waals surface area contributed by atoms with Gasteiger partial charge in [-0.2, -0.15) is 4.31 Å². The minimum Gasteiger partial charge on any atom is -0.391 e. The van der Waals surface area contributed by atoms with Gasteiger partial charge in [0.15, 0.2) is 0 Å². The van der Waals surface area contributed by atoms with Crippen LogP contribution in [-0.4, -0.2) is 119 Å². The van der Waals surface area contributed by atoms with E-state index in [4.69, 9.17) is 0 Å². The number of anilines is 1. The maximum atomic E-state index is 14.1. The van der Waals surface area contributed by atoms with E-state index in [0.717, 1.165) is 53.1 Å². The predicted octanol–water partition coefficient (Wildman–Crippen LogP) is 5.46. The number of likely N-dealkylation sites (tertiary alicyclic amines) is 1. The lowest BCUT2D eigenvalue weighted by molar-refractivity contribution is -0.144. The van der Waals surface area contributed by atoms with Crippen LogP contribution in [0.25, 0.3) is 10.4 Å². The van der Waals surface area contributed by atoms with Gasteiger partial charge in [0.25, 0.3) is 0 Å². The van der Waals surface area contributed by atoms with E-state index < -0.39 is 45.6 Å². The van der Waals surface area contributed by atoms with Gasteiger partial charge in [-0.3, -0.25) is 19.4 Å². The van der Waals surface area contributed by atoms with Crippen molar-refractivity contribution in [3.63, 3.8) is 0 Å². The number of rotatable bonds is 18. The number of thiazole rings is 1. The van der Waals surface area contributed by atoms with Crippen LogP contribution in [0.1, 0.15) is 89.1 Å². The monoisotopic (exact) mass is 929 g/mol. The third kappa shape index (κ3) is 13.4. The summed E-state index contributed by atoms with van der Waals surface area (Å²) in [6.07, 6.45) is 6.08. The van der Waals surface area contributed by atoms with Gasteiger partial charge in [0.1, 0.15) is 12.1 Å². The Labute approximate surface area is 386 Å². The van der Waals surface area contributed by atoms with Crippen LogP contribution in [0, 0.1) is 12.3 Å². The number of amides is 5. The van der Waals surface area contributed by atoms with Gasteiger partial charge < -0.3 is 36.2 Å². The van der Waals surface area contributed by atoms with E-state index in [1.165, 1.54) is 21.3 Å². The van der Waals surface area contributed by atoms with Crippen molar-refractivity contribution in [3.05, 3.63) is 95.4 Å². The van der Waals surface area contributed by atoms with E-state index in [1.807, 2.05) is 70.5 Å². The lowest BCUT2D eigenvalue weighted by atomic mass is 9.85. The molecule has 6 rings (SSSR count). The van der Waals surface area contributed by atoms with Crippen molar-refractivity contribution in [2.24, 2.45) is 5.41 Å². The molecule has 0 bridgehead atoms. The summed E-state index contributed by atoms with van der Waals surface area (Å²) in [5.41, 5.74) is 5.42. The second-order valence-electron chi connectivity index (χ2n) is 18.0. The molecule has 4 aromatic rings. The lowest BCUT2D eigenvalue weighted by Crippen LogP contribution is -2.57. The number of hydrogen-bond donors (Lipinski definition) is 5. The Bertz CT molecular complexity index is 2330. The molecule has 2 aromatic heterocycles. The van der Waals surface area contributed by atoms with E-state index >= 15 is 0 Å². The second-order valence-corrected chi connectivity index (χ2v) is 20.8. The van der Waals surface area contributed by atoms with Gasteiger partial charge in [-0.05, 0) is 85.7 Å². The number of unbranched alkanes of at least 4 members (excludes halogenated alkanes) is 3. The molecular weight excluding hydrogens is 867 g/mol. The van der Waals surface area contributed by atoms with Gasteiger partial charge in [-0.25, -0.2) is 18.2 Å². The van der Waals surface area contributed by atoms with E-state index in [1.54, 1.807) is 41.9 Å². The van der Waals surface area contributed by atoms with Crippen LogP contribution in [0.5, 0.6) is 0 Å². The van der Waals surface area contributed by atoms with Crippen molar-refractivity contribution >= 4 is 50.8 Å². The molecule has 0 aliphatic carbocycles. The van der Waals surface area contributed by atoms with E-state index in [9.17, 15) is 32.7 Å². The molecule has 5 N–H and O–H groups in total. The molecule has 4 atom stereocenters. The summed E-state index contributed by atoms with van der Waals surface area (Å²) in [7, 11) is -3.70. The molecule has 350 valence electrons. The molecule has 5 amide bonds. The minimum atomic E-state index is -3.70. The quantitative estimate of drug-likeness (QED) is 0.0797. The van der Waals surface area contributed by atoms with Gasteiger partial charge in [0.2, 0.25) is 27.7 Å². The van der Waals surface area contributed by atoms with Gasteiger partial charge >= 0.3 is 6.03 Å². The molecule has 2 aliphatic rings.